The Bertz CT molecular complexity index is 359. The van der Waals surface area contributed by atoms with Crippen LogP contribution in [0.5, 0.6) is 0 Å². The summed E-state index contributed by atoms with van der Waals surface area (Å²) in [6.07, 6.45) is 2.37. The number of benzene rings is 1. The Morgan fingerprint density at radius 3 is 2.65 bits per heavy atom. The van der Waals surface area contributed by atoms with E-state index in [0.29, 0.717) is 5.92 Å². The normalized spacial score (nSPS) is 20.4. The first-order valence-electron chi connectivity index (χ1n) is 6.36. The van der Waals surface area contributed by atoms with Crippen molar-refractivity contribution in [3.63, 3.8) is 0 Å². The molecule has 1 aliphatic heterocycles. The van der Waals surface area contributed by atoms with Gasteiger partial charge in [-0.3, -0.25) is 0 Å². The van der Waals surface area contributed by atoms with Crippen molar-refractivity contribution in [2.24, 2.45) is 5.73 Å². The lowest BCUT2D eigenvalue weighted by atomic mass is 9.85. The predicted molar refractivity (Wildman–Crippen MR) is 69.9 cm³/mol. The number of hydrogen-bond donors (Lipinski definition) is 2. The molecule has 1 aliphatic rings. The molecule has 0 saturated carbocycles. The summed E-state index contributed by atoms with van der Waals surface area (Å²) >= 11 is 0. The summed E-state index contributed by atoms with van der Waals surface area (Å²) in [5.74, 6) is 0.597. The zero-order chi connectivity index (χ0) is 12.3. The van der Waals surface area contributed by atoms with Gasteiger partial charge in [-0.15, -0.1) is 0 Å². The standard InChI is InChI=1S/C14H22N2O/c1-16-8-6-11(7-9-16)12-4-2-3-5-13(12)14(15)10-17/h2-5,11,14,17H,6-10,15H2,1H3. The second-order valence-electron chi connectivity index (χ2n) is 5.00. The fraction of sp³-hybridized carbons (Fsp3) is 0.571. The van der Waals surface area contributed by atoms with Crippen LogP contribution in [0.4, 0.5) is 0 Å². The highest BCUT2D eigenvalue weighted by atomic mass is 16.3. The topological polar surface area (TPSA) is 49.5 Å². The Morgan fingerprint density at radius 2 is 2.00 bits per heavy atom. The van der Waals surface area contributed by atoms with Gasteiger partial charge in [0.05, 0.1) is 12.6 Å². The van der Waals surface area contributed by atoms with Crippen molar-refractivity contribution in [1.29, 1.82) is 0 Å². The van der Waals surface area contributed by atoms with Gasteiger partial charge in [-0.05, 0) is 50.0 Å². The van der Waals surface area contributed by atoms with Gasteiger partial charge in [0.1, 0.15) is 0 Å². The lowest BCUT2D eigenvalue weighted by Crippen LogP contribution is -2.30. The Hall–Kier alpha value is -0.900. The number of nitrogens with zero attached hydrogens (tertiary/aromatic N) is 1. The smallest absolute Gasteiger partial charge is 0.0624 e. The number of nitrogens with two attached hydrogens (primary N) is 1. The molecule has 1 fully saturated rings. The minimum absolute atomic E-state index is 0.0175. The highest BCUT2D eigenvalue weighted by Crippen LogP contribution is 2.31. The van der Waals surface area contributed by atoms with Crippen LogP contribution in [0.25, 0.3) is 0 Å². The van der Waals surface area contributed by atoms with Crippen LogP contribution in [0.1, 0.15) is 35.9 Å². The molecular weight excluding hydrogens is 212 g/mol. The Labute approximate surface area is 103 Å². The van der Waals surface area contributed by atoms with Crippen molar-refractivity contribution in [2.45, 2.75) is 24.8 Å². The fourth-order valence-corrected chi connectivity index (χ4v) is 2.64. The fourth-order valence-electron chi connectivity index (χ4n) is 2.64. The largest absolute Gasteiger partial charge is 0.394 e. The first-order chi connectivity index (χ1) is 8.22. The summed E-state index contributed by atoms with van der Waals surface area (Å²) < 4.78 is 0. The third-order valence-corrected chi connectivity index (χ3v) is 3.75. The van der Waals surface area contributed by atoms with Crippen molar-refractivity contribution in [2.75, 3.05) is 26.7 Å². The average Bonchev–Trinajstić information content (AvgIpc) is 2.39. The molecule has 17 heavy (non-hydrogen) atoms. The molecule has 3 N–H and O–H groups in total. The van der Waals surface area contributed by atoms with E-state index >= 15 is 0 Å². The molecule has 1 aromatic carbocycles. The summed E-state index contributed by atoms with van der Waals surface area (Å²) in [5.41, 5.74) is 8.42. The minimum Gasteiger partial charge on any atom is -0.394 e. The highest BCUT2D eigenvalue weighted by molar-refractivity contribution is 5.33. The Balaban J connectivity index is 2.19. The van der Waals surface area contributed by atoms with Crippen LogP contribution in [0.3, 0.4) is 0 Å². The first-order valence-corrected chi connectivity index (χ1v) is 6.36. The van der Waals surface area contributed by atoms with Crippen molar-refractivity contribution in [3.05, 3.63) is 35.4 Å². The summed E-state index contributed by atoms with van der Waals surface area (Å²) in [4.78, 5) is 2.37. The molecule has 0 radical (unpaired) electrons. The zero-order valence-corrected chi connectivity index (χ0v) is 10.5. The van der Waals surface area contributed by atoms with Gasteiger partial charge in [-0.25, -0.2) is 0 Å². The third kappa shape index (κ3) is 2.86. The number of rotatable bonds is 3. The quantitative estimate of drug-likeness (QED) is 0.833. The van der Waals surface area contributed by atoms with E-state index in [9.17, 15) is 5.11 Å². The second-order valence-corrected chi connectivity index (χ2v) is 5.00. The molecule has 1 unspecified atom stereocenters. The average molecular weight is 234 g/mol. The van der Waals surface area contributed by atoms with Gasteiger partial charge in [0.25, 0.3) is 0 Å². The Morgan fingerprint density at radius 1 is 1.35 bits per heavy atom. The molecule has 0 amide bonds. The maximum Gasteiger partial charge on any atom is 0.0624 e. The van der Waals surface area contributed by atoms with Gasteiger partial charge in [0.2, 0.25) is 0 Å². The predicted octanol–water partition coefficient (Wildman–Crippen LogP) is 1.49. The van der Waals surface area contributed by atoms with Crippen LogP contribution >= 0.6 is 0 Å². The third-order valence-electron chi connectivity index (χ3n) is 3.75. The van der Waals surface area contributed by atoms with E-state index in [1.54, 1.807) is 0 Å². The highest BCUT2D eigenvalue weighted by Gasteiger charge is 2.22. The monoisotopic (exact) mass is 234 g/mol. The van der Waals surface area contributed by atoms with Crippen molar-refractivity contribution >= 4 is 0 Å². The molecule has 0 aliphatic carbocycles. The van der Waals surface area contributed by atoms with Crippen LogP contribution < -0.4 is 5.73 Å². The molecule has 0 aromatic heterocycles. The Kier molecular flexibility index (Phi) is 4.15. The number of aliphatic hydroxyl groups excluding tert-OH is 1. The lowest BCUT2D eigenvalue weighted by molar-refractivity contribution is 0.250. The van der Waals surface area contributed by atoms with E-state index in [1.807, 2.05) is 6.07 Å². The maximum absolute atomic E-state index is 9.22. The SMILES string of the molecule is CN1CCC(c2ccccc2C(N)CO)CC1. The lowest BCUT2D eigenvalue weighted by Gasteiger charge is -2.31. The number of piperidine rings is 1. The zero-order valence-electron chi connectivity index (χ0n) is 10.5. The van der Waals surface area contributed by atoms with Crippen LogP contribution in [0, 0.1) is 0 Å². The summed E-state index contributed by atoms with van der Waals surface area (Å²) in [6, 6.07) is 8.05. The van der Waals surface area contributed by atoms with E-state index in [0.717, 1.165) is 18.7 Å². The van der Waals surface area contributed by atoms with Crippen molar-refractivity contribution in [1.82, 2.24) is 4.90 Å². The van der Waals surface area contributed by atoms with Gasteiger partial charge in [0.15, 0.2) is 0 Å². The molecule has 94 valence electrons. The van der Waals surface area contributed by atoms with Gasteiger partial charge in [-0.2, -0.15) is 0 Å². The molecule has 0 bridgehead atoms. The van der Waals surface area contributed by atoms with Gasteiger partial charge in [0, 0.05) is 0 Å². The van der Waals surface area contributed by atoms with Crippen molar-refractivity contribution in [3.8, 4) is 0 Å². The van der Waals surface area contributed by atoms with Crippen LogP contribution in [-0.2, 0) is 0 Å². The van der Waals surface area contributed by atoms with Crippen LogP contribution in [-0.4, -0.2) is 36.8 Å². The van der Waals surface area contributed by atoms with E-state index in [-0.39, 0.29) is 12.6 Å². The van der Waals surface area contributed by atoms with Gasteiger partial charge >= 0.3 is 0 Å². The molecular formula is C14H22N2O. The second kappa shape index (κ2) is 5.63. The number of likely N-dealkylation sites (tertiary alicyclic amines) is 1. The summed E-state index contributed by atoms with van der Waals surface area (Å²) in [6.45, 7) is 2.31. The molecule has 1 atom stereocenters. The van der Waals surface area contributed by atoms with Gasteiger partial charge in [-0.1, -0.05) is 24.3 Å². The molecule has 1 heterocycles. The molecule has 1 aromatic rings. The molecule has 3 nitrogen and oxygen atoms in total. The van der Waals surface area contributed by atoms with E-state index in [2.05, 4.69) is 30.1 Å². The van der Waals surface area contributed by atoms with Crippen LogP contribution in [0.15, 0.2) is 24.3 Å². The van der Waals surface area contributed by atoms with E-state index in [4.69, 9.17) is 5.73 Å². The number of aliphatic hydroxyl groups is 1. The molecule has 0 spiro atoms. The molecule has 1 saturated heterocycles. The van der Waals surface area contributed by atoms with E-state index < -0.39 is 0 Å². The van der Waals surface area contributed by atoms with Crippen LogP contribution in [0.2, 0.25) is 0 Å². The van der Waals surface area contributed by atoms with Crippen molar-refractivity contribution < 1.29 is 5.11 Å². The minimum atomic E-state index is -0.245. The summed E-state index contributed by atoms with van der Waals surface area (Å²) in [5, 5.41) is 9.22. The molecule has 3 heteroatoms. The first kappa shape index (κ1) is 12.6. The van der Waals surface area contributed by atoms with E-state index in [1.165, 1.54) is 18.4 Å². The summed E-state index contributed by atoms with van der Waals surface area (Å²) in [7, 11) is 2.17. The maximum atomic E-state index is 9.22. The van der Waals surface area contributed by atoms with Gasteiger partial charge < -0.3 is 15.7 Å². The number of hydrogen-bond acceptors (Lipinski definition) is 3. The molecule has 2 rings (SSSR count).